The highest BCUT2D eigenvalue weighted by atomic mass is 16.5. The minimum atomic E-state index is -0.243. The minimum absolute atomic E-state index is 0.0176. The number of piperidine rings is 1. The van der Waals surface area contributed by atoms with Crippen molar-refractivity contribution in [1.29, 1.82) is 0 Å². The Hall–Kier alpha value is -1.39. The normalized spacial score (nSPS) is 43.6. The zero-order valence-electron chi connectivity index (χ0n) is 17.3. The Morgan fingerprint density at radius 1 is 1.25 bits per heavy atom. The van der Waals surface area contributed by atoms with Crippen LogP contribution in [0.3, 0.4) is 0 Å². The first-order valence-corrected chi connectivity index (χ1v) is 11.2. The lowest BCUT2D eigenvalue weighted by Gasteiger charge is -2.41. The highest BCUT2D eigenvalue weighted by Gasteiger charge is 2.80. The van der Waals surface area contributed by atoms with Crippen molar-refractivity contribution in [1.82, 2.24) is 10.6 Å². The van der Waals surface area contributed by atoms with Gasteiger partial charge in [-0.15, -0.1) is 0 Å². The maximum Gasteiger partial charge on any atom is 0.227 e. The molecule has 0 aromatic heterocycles. The Morgan fingerprint density at radius 3 is 2.82 bits per heavy atom. The van der Waals surface area contributed by atoms with E-state index in [0.29, 0.717) is 23.8 Å². The van der Waals surface area contributed by atoms with Gasteiger partial charge in [0.1, 0.15) is 0 Å². The van der Waals surface area contributed by atoms with Crippen molar-refractivity contribution in [3.8, 4) is 0 Å². The van der Waals surface area contributed by atoms with E-state index in [1.807, 2.05) is 0 Å². The van der Waals surface area contributed by atoms with Gasteiger partial charge in [0, 0.05) is 18.1 Å². The lowest BCUT2D eigenvalue weighted by Crippen LogP contribution is -2.55. The van der Waals surface area contributed by atoms with Crippen LogP contribution in [0.5, 0.6) is 0 Å². The molecule has 28 heavy (non-hydrogen) atoms. The second-order valence-electron chi connectivity index (χ2n) is 10.0. The van der Waals surface area contributed by atoms with E-state index in [4.69, 9.17) is 4.74 Å². The molecule has 1 aromatic rings. The van der Waals surface area contributed by atoms with Crippen LogP contribution in [-0.2, 0) is 14.9 Å². The summed E-state index contributed by atoms with van der Waals surface area (Å²) in [6, 6.07) is 11.3. The van der Waals surface area contributed by atoms with Crippen LogP contribution in [0.4, 0.5) is 0 Å². The Labute approximate surface area is 168 Å². The van der Waals surface area contributed by atoms with Crippen LogP contribution >= 0.6 is 0 Å². The third kappa shape index (κ3) is 2.40. The van der Waals surface area contributed by atoms with E-state index in [1.54, 1.807) is 0 Å². The zero-order valence-corrected chi connectivity index (χ0v) is 17.3. The third-order valence-corrected chi connectivity index (χ3v) is 8.77. The van der Waals surface area contributed by atoms with Crippen LogP contribution in [-0.4, -0.2) is 38.3 Å². The molecule has 4 aliphatic carbocycles. The lowest BCUT2D eigenvalue weighted by molar-refractivity contribution is -0.140. The van der Waals surface area contributed by atoms with Crippen LogP contribution < -0.4 is 10.6 Å². The largest absolute Gasteiger partial charge is 0.381 e. The first kappa shape index (κ1) is 18.6. The summed E-state index contributed by atoms with van der Waals surface area (Å²) in [5.41, 5.74) is 1.40. The molecule has 152 valence electrons. The van der Waals surface area contributed by atoms with Gasteiger partial charge < -0.3 is 15.4 Å². The first-order chi connectivity index (χ1) is 13.6. The maximum absolute atomic E-state index is 13.8. The Balaban J connectivity index is 1.47. The van der Waals surface area contributed by atoms with Gasteiger partial charge in [0.05, 0.1) is 12.0 Å². The standard InChI is InChI=1S/C24H34N2O2/c1-3-28-16-22-11-19-12-24(22,21(27)26-20-9-10-25-13-17(20)2)15-23(19,14-22)18-7-5-4-6-8-18/h4-8,17,19-20,25H,3,9-16H2,1-2H3,(H,26,27)/t17?,19?,20?,22-,23+,24?/m1/s1. The smallest absolute Gasteiger partial charge is 0.227 e. The molecule has 1 heterocycles. The molecule has 4 bridgehead atoms. The van der Waals surface area contributed by atoms with Crippen LogP contribution in [0.15, 0.2) is 30.3 Å². The van der Waals surface area contributed by atoms with E-state index in [0.717, 1.165) is 58.4 Å². The monoisotopic (exact) mass is 382 g/mol. The summed E-state index contributed by atoms with van der Waals surface area (Å²) < 4.78 is 6.01. The Bertz CT molecular complexity index is 752. The van der Waals surface area contributed by atoms with E-state index in [2.05, 4.69) is 54.8 Å². The molecule has 1 saturated heterocycles. The van der Waals surface area contributed by atoms with Crippen molar-refractivity contribution in [3.05, 3.63) is 35.9 Å². The van der Waals surface area contributed by atoms with Gasteiger partial charge in [0.15, 0.2) is 0 Å². The quantitative estimate of drug-likeness (QED) is 0.794. The second-order valence-corrected chi connectivity index (χ2v) is 10.0. The third-order valence-electron chi connectivity index (χ3n) is 8.77. The van der Waals surface area contributed by atoms with Crippen molar-refractivity contribution in [2.45, 2.75) is 57.4 Å². The summed E-state index contributed by atoms with van der Waals surface area (Å²) in [4.78, 5) is 13.8. The molecular weight excluding hydrogens is 348 g/mol. The topological polar surface area (TPSA) is 50.4 Å². The van der Waals surface area contributed by atoms with Crippen molar-refractivity contribution in [2.75, 3.05) is 26.3 Å². The molecule has 6 rings (SSSR count). The van der Waals surface area contributed by atoms with Gasteiger partial charge in [-0.3, -0.25) is 4.79 Å². The van der Waals surface area contributed by atoms with Gasteiger partial charge in [0.2, 0.25) is 5.91 Å². The summed E-state index contributed by atoms with van der Waals surface area (Å²) in [6.07, 6.45) is 5.35. The lowest BCUT2D eigenvalue weighted by atomic mass is 9.67. The van der Waals surface area contributed by atoms with Crippen molar-refractivity contribution < 1.29 is 9.53 Å². The molecule has 4 unspecified atom stereocenters. The van der Waals surface area contributed by atoms with Crippen molar-refractivity contribution >= 4 is 5.91 Å². The molecule has 0 spiro atoms. The molecule has 2 N–H and O–H groups in total. The van der Waals surface area contributed by atoms with Gasteiger partial charge in [0.25, 0.3) is 0 Å². The first-order valence-electron chi connectivity index (χ1n) is 11.2. The number of amides is 1. The van der Waals surface area contributed by atoms with Crippen molar-refractivity contribution in [2.24, 2.45) is 22.7 Å². The molecule has 1 aliphatic heterocycles. The number of rotatable bonds is 6. The Morgan fingerprint density at radius 2 is 2.07 bits per heavy atom. The average molecular weight is 383 g/mol. The van der Waals surface area contributed by atoms with Gasteiger partial charge in [-0.25, -0.2) is 0 Å². The summed E-state index contributed by atoms with van der Waals surface area (Å²) in [5, 5.41) is 6.97. The average Bonchev–Trinajstić information content (AvgIpc) is 3.39. The van der Waals surface area contributed by atoms with E-state index in [1.165, 1.54) is 5.56 Å². The van der Waals surface area contributed by atoms with Crippen LogP contribution in [0.1, 0.15) is 51.5 Å². The fourth-order valence-corrected chi connectivity index (χ4v) is 7.47. The Kier molecular flexibility index (Phi) is 4.37. The molecule has 1 aromatic carbocycles. The summed E-state index contributed by atoms with van der Waals surface area (Å²) in [5.74, 6) is 1.43. The SMILES string of the molecule is CCOC[C@]12CC3CC1(C(=O)NC1CCNCC1C)C[C@]3(c1ccccc1)C2. The van der Waals surface area contributed by atoms with E-state index in [-0.39, 0.29) is 16.2 Å². The van der Waals surface area contributed by atoms with E-state index >= 15 is 0 Å². The van der Waals surface area contributed by atoms with E-state index < -0.39 is 0 Å². The molecular formula is C24H34N2O2. The summed E-state index contributed by atoms with van der Waals surface area (Å²) >= 11 is 0. The number of benzene rings is 1. The predicted molar refractivity (Wildman–Crippen MR) is 110 cm³/mol. The second kappa shape index (κ2) is 6.56. The fraction of sp³-hybridized carbons (Fsp3) is 0.708. The highest BCUT2D eigenvalue weighted by Crippen LogP contribution is 2.81. The van der Waals surface area contributed by atoms with Gasteiger partial charge >= 0.3 is 0 Å². The van der Waals surface area contributed by atoms with Crippen LogP contribution in [0.2, 0.25) is 0 Å². The fourth-order valence-electron chi connectivity index (χ4n) is 7.47. The van der Waals surface area contributed by atoms with Gasteiger partial charge in [-0.2, -0.15) is 0 Å². The van der Waals surface area contributed by atoms with Crippen molar-refractivity contribution in [3.63, 3.8) is 0 Å². The molecule has 4 heteroatoms. The number of nitrogens with one attached hydrogen (secondary N) is 2. The van der Waals surface area contributed by atoms with Gasteiger partial charge in [-0.1, -0.05) is 37.3 Å². The molecule has 6 atom stereocenters. The maximum atomic E-state index is 13.8. The van der Waals surface area contributed by atoms with Crippen LogP contribution in [0.25, 0.3) is 0 Å². The number of carbonyl (C=O) groups excluding carboxylic acids is 1. The zero-order chi connectivity index (χ0) is 19.4. The highest BCUT2D eigenvalue weighted by molar-refractivity contribution is 5.86. The molecule has 0 radical (unpaired) electrons. The number of hydrogen-bond acceptors (Lipinski definition) is 3. The molecule has 5 aliphatic rings. The number of carbonyl (C=O) groups is 1. The predicted octanol–water partition coefficient (Wildman–Crippen LogP) is 3.27. The number of ether oxygens (including phenoxy) is 1. The molecule has 4 saturated carbocycles. The van der Waals surface area contributed by atoms with Gasteiger partial charge in [-0.05, 0) is 74.9 Å². The summed E-state index contributed by atoms with van der Waals surface area (Å²) in [7, 11) is 0. The number of hydrogen-bond donors (Lipinski definition) is 2. The summed E-state index contributed by atoms with van der Waals surface area (Å²) in [6.45, 7) is 7.79. The van der Waals surface area contributed by atoms with Crippen LogP contribution in [0, 0.1) is 22.7 Å². The molecule has 5 fully saturated rings. The van der Waals surface area contributed by atoms with E-state index in [9.17, 15) is 4.79 Å². The molecule has 1 amide bonds. The molecule has 4 nitrogen and oxygen atoms in total. The minimum Gasteiger partial charge on any atom is -0.381 e.